The van der Waals surface area contributed by atoms with Gasteiger partial charge >= 0.3 is 0 Å². The molecular formula is C14H31NO3. The summed E-state index contributed by atoms with van der Waals surface area (Å²) in [7, 11) is 0. The van der Waals surface area contributed by atoms with Crippen molar-refractivity contribution in [3.05, 3.63) is 0 Å². The molecule has 0 aromatic rings. The van der Waals surface area contributed by atoms with E-state index in [1.54, 1.807) is 0 Å². The van der Waals surface area contributed by atoms with E-state index in [9.17, 15) is 5.11 Å². The smallest absolute Gasteiger partial charge is 0.100 e. The first-order chi connectivity index (χ1) is 8.16. The highest BCUT2D eigenvalue weighted by Gasteiger charge is 2.38. The molecule has 0 aliphatic rings. The maximum atomic E-state index is 9.41. The van der Waals surface area contributed by atoms with Crippen molar-refractivity contribution in [2.24, 2.45) is 11.1 Å². The van der Waals surface area contributed by atoms with Crippen molar-refractivity contribution in [3.63, 3.8) is 0 Å². The summed E-state index contributed by atoms with van der Waals surface area (Å²) in [4.78, 5) is 0. The zero-order chi connectivity index (χ0) is 14.4. The highest BCUT2D eigenvalue weighted by Crippen LogP contribution is 2.37. The van der Waals surface area contributed by atoms with Crippen molar-refractivity contribution in [2.75, 3.05) is 13.2 Å². The maximum absolute atomic E-state index is 9.41. The Morgan fingerprint density at radius 1 is 1.22 bits per heavy atom. The fourth-order valence-electron chi connectivity index (χ4n) is 1.66. The van der Waals surface area contributed by atoms with Gasteiger partial charge in [-0.15, -0.1) is 0 Å². The standard InChI is InChI=1S/C14H31NO3/c1-6-11(15)7-8-14(5,13(2,3)4)18-10-12(17)9-16/h11-12,16-17H,6-10,15H2,1-5H3. The van der Waals surface area contributed by atoms with Gasteiger partial charge in [0.15, 0.2) is 0 Å². The molecule has 4 N–H and O–H groups in total. The van der Waals surface area contributed by atoms with Gasteiger partial charge in [-0.2, -0.15) is 0 Å². The molecule has 0 aliphatic heterocycles. The van der Waals surface area contributed by atoms with Gasteiger partial charge in [-0.05, 0) is 31.6 Å². The first-order valence-electron chi connectivity index (χ1n) is 6.84. The van der Waals surface area contributed by atoms with E-state index in [0.29, 0.717) is 0 Å². The third-order valence-electron chi connectivity index (χ3n) is 3.91. The van der Waals surface area contributed by atoms with Crippen LogP contribution >= 0.6 is 0 Å². The van der Waals surface area contributed by atoms with E-state index in [1.165, 1.54) is 0 Å². The number of ether oxygens (including phenoxy) is 1. The second-order valence-electron chi connectivity index (χ2n) is 6.34. The Hall–Kier alpha value is -0.160. The van der Waals surface area contributed by atoms with Crippen LogP contribution in [0.2, 0.25) is 0 Å². The summed E-state index contributed by atoms with van der Waals surface area (Å²) >= 11 is 0. The van der Waals surface area contributed by atoms with E-state index >= 15 is 0 Å². The van der Waals surface area contributed by atoms with Crippen LogP contribution in [0, 0.1) is 5.41 Å². The average molecular weight is 261 g/mol. The Labute approximate surface area is 112 Å². The van der Waals surface area contributed by atoms with E-state index in [0.717, 1.165) is 19.3 Å². The number of nitrogens with two attached hydrogens (primary N) is 1. The largest absolute Gasteiger partial charge is 0.394 e. The summed E-state index contributed by atoms with van der Waals surface area (Å²) in [5.74, 6) is 0. The van der Waals surface area contributed by atoms with Gasteiger partial charge in [0.1, 0.15) is 6.10 Å². The summed E-state index contributed by atoms with van der Waals surface area (Å²) < 4.78 is 5.88. The number of aliphatic hydroxyl groups is 2. The lowest BCUT2D eigenvalue weighted by Gasteiger charge is -2.43. The first-order valence-corrected chi connectivity index (χ1v) is 6.84. The van der Waals surface area contributed by atoms with Crippen LogP contribution in [-0.4, -0.2) is 41.2 Å². The molecule has 0 saturated carbocycles. The fraction of sp³-hybridized carbons (Fsp3) is 1.00. The fourth-order valence-corrected chi connectivity index (χ4v) is 1.66. The lowest BCUT2D eigenvalue weighted by Crippen LogP contribution is -2.45. The van der Waals surface area contributed by atoms with Crippen LogP contribution in [0.25, 0.3) is 0 Å². The molecule has 3 atom stereocenters. The third-order valence-corrected chi connectivity index (χ3v) is 3.91. The quantitative estimate of drug-likeness (QED) is 0.621. The Morgan fingerprint density at radius 3 is 2.17 bits per heavy atom. The SMILES string of the molecule is CCC(N)CCC(C)(OCC(O)CO)C(C)(C)C. The van der Waals surface area contributed by atoms with Crippen LogP contribution in [0.4, 0.5) is 0 Å². The number of aliphatic hydroxyl groups excluding tert-OH is 2. The molecule has 0 spiro atoms. The van der Waals surface area contributed by atoms with E-state index in [-0.39, 0.29) is 30.3 Å². The zero-order valence-electron chi connectivity index (χ0n) is 12.6. The Morgan fingerprint density at radius 2 is 1.78 bits per heavy atom. The normalized spacial score (nSPS) is 19.3. The van der Waals surface area contributed by atoms with Crippen LogP contribution < -0.4 is 5.73 Å². The molecule has 0 heterocycles. The first kappa shape index (κ1) is 17.8. The second kappa shape index (κ2) is 7.43. The molecule has 0 radical (unpaired) electrons. The van der Waals surface area contributed by atoms with Gasteiger partial charge in [-0.3, -0.25) is 0 Å². The molecular weight excluding hydrogens is 230 g/mol. The lowest BCUT2D eigenvalue weighted by molar-refractivity contribution is -0.137. The molecule has 3 unspecified atom stereocenters. The third kappa shape index (κ3) is 5.65. The molecule has 0 aliphatic carbocycles. The van der Waals surface area contributed by atoms with Gasteiger partial charge in [0.05, 0.1) is 18.8 Å². The van der Waals surface area contributed by atoms with Crippen molar-refractivity contribution in [1.29, 1.82) is 0 Å². The molecule has 0 aromatic heterocycles. The molecule has 0 saturated heterocycles. The van der Waals surface area contributed by atoms with E-state index in [2.05, 4.69) is 34.6 Å². The number of hydrogen-bond acceptors (Lipinski definition) is 4. The zero-order valence-corrected chi connectivity index (χ0v) is 12.6. The molecule has 0 rings (SSSR count). The molecule has 0 amide bonds. The molecule has 0 fully saturated rings. The molecule has 18 heavy (non-hydrogen) atoms. The van der Waals surface area contributed by atoms with Gasteiger partial charge < -0.3 is 20.7 Å². The molecule has 4 heteroatoms. The van der Waals surface area contributed by atoms with E-state index in [4.69, 9.17) is 15.6 Å². The van der Waals surface area contributed by atoms with Gasteiger partial charge in [0.25, 0.3) is 0 Å². The molecule has 0 aromatic carbocycles. The molecule has 4 nitrogen and oxygen atoms in total. The minimum Gasteiger partial charge on any atom is -0.394 e. The highest BCUT2D eigenvalue weighted by atomic mass is 16.5. The van der Waals surface area contributed by atoms with Crippen molar-refractivity contribution in [1.82, 2.24) is 0 Å². The Kier molecular flexibility index (Phi) is 7.37. The number of hydrogen-bond donors (Lipinski definition) is 3. The summed E-state index contributed by atoms with van der Waals surface area (Å²) in [5, 5.41) is 18.3. The van der Waals surface area contributed by atoms with E-state index in [1.807, 2.05) is 0 Å². The molecule has 110 valence electrons. The predicted octanol–water partition coefficient (Wildman–Crippen LogP) is 1.68. The lowest BCUT2D eigenvalue weighted by atomic mass is 9.74. The number of rotatable bonds is 8. The van der Waals surface area contributed by atoms with Crippen molar-refractivity contribution in [3.8, 4) is 0 Å². The average Bonchev–Trinajstić information content (AvgIpc) is 2.31. The van der Waals surface area contributed by atoms with Crippen LogP contribution in [0.1, 0.15) is 53.9 Å². The van der Waals surface area contributed by atoms with Gasteiger partial charge in [0, 0.05) is 6.04 Å². The van der Waals surface area contributed by atoms with Gasteiger partial charge in [0.2, 0.25) is 0 Å². The Bertz CT molecular complexity index is 212. The van der Waals surface area contributed by atoms with Crippen LogP contribution in [0.5, 0.6) is 0 Å². The molecule has 0 bridgehead atoms. The van der Waals surface area contributed by atoms with Crippen LogP contribution in [0.15, 0.2) is 0 Å². The predicted molar refractivity (Wildman–Crippen MR) is 74.4 cm³/mol. The van der Waals surface area contributed by atoms with Crippen molar-refractivity contribution < 1.29 is 14.9 Å². The summed E-state index contributed by atoms with van der Waals surface area (Å²) in [6, 6.07) is 0.193. The topological polar surface area (TPSA) is 75.7 Å². The van der Waals surface area contributed by atoms with Gasteiger partial charge in [-0.25, -0.2) is 0 Å². The van der Waals surface area contributed by atoms with E-state index < -0.39 is 6.10 Å². The second-order valence-corrected chi connectivity index (χ2v) is 6.34. The summed E-state index contributed by atoms with van der Waals surface area (Å²) in [5.41, 5.74) is 5.56. The van der Waals surface area contributed by atoms with Crippen LogP contribution in [-0.2, 0) is 4.74 Å². The van der Waals surface area contributed by atoms with Gasteiger partial charge in [-0.1, -0.05) is 27.7 Å². The van der Waals surface area contributed by atoms with Crippen molar-refractivity contribution in [2.45, 2.75) is 71.6 Å². The summed E-state index contributed by atoms with van der Waals surface area (Å²) in [6.07, 6.45) is 1.90. The maximum Gasteiger partial charge on any atom is 0.100 e. The van der Waals surface area contributed by atoms with Crippen molar-refractivity contribution >= 4 is 0 Å². The minimum atomic E-state index is -0.813. The highest BCUT2D eigenvalue weighted by molar-refractivity contribution is 4.89. The minimum absolute atomic E-state index is 0.0460. The summed E-state index contributed by atoms with van der Waals surface area (Å²) in [6.45, 7) is 10.4. The monoisotopic (exact) mass is 261 g/mol. The van der Waals surface area contributed by atoms with Crippen LogP contribution in [0.3, 0.4) is 0 Å². The Balaban J connectivity index is 4.54.